The summed E-state index contributed by atoms with van der Waals surface area (Å²) in [7, 11) is 0. The van der Waals surface area contributed by atoms with Crippen molar-refractivity contribution in [1.82, 2.24) is 24.5 Å². The standard InChI is InChI=1S/C42H25N5S/c1-2-12-26(13-3-1)39-44-40(46-41(45-39)34-24-27-14-4-5-15-29(27)30-16-6-7-17-31(30)34)28-22-23-37-33(25-28)32-18-8-10-20-36(32)47(37)42-43-35-19-9-11-21-38(35)48-42/h1-25H. The Labute approximate surface area is 279 Å². The van der Waals surface area contributed by atoms with Gasteiger partial charge in [-0.1, -0.05) is 121 Å². The molecule has 0 saturated heterocycles. The van der Waals surface area contributed by atoms with Gasteiger partial charge in [0.1, 0.15) is 0 Å². The first-order valence-corrected chi connectivity index (χ1v) is 16.7. The summed E-state index contributed by atoms with van der Waals surface area (Å²) in [5.74, 6) is 1.93. The highest BCUT2D eigenvalue weighted by Crippen LogP contribution is 2.38. The fraction of sp³-hybridized carbons (Fsp3) is 0. The highest BCUT2D eigenvalue weighted by atomic mass is 32.1. The molecule has 0 atom stereocenters. The largest absolute Gasteiger partial charge is 0.285 e. The normalized spacial score (nSPS) is 11.8. The molecule has 0 fully saturated rings. The molecule has 10 aromatic rings. The number of para-hydroxylation sites is 2. The quantitative estimate of drug-likeness (QED) is 0.181. The van der Waals surface area contributed by atoms with E-state index >= 15 is 0 Å². The summed E-state index contributed by atoms with van der Waals surface area (Å²) in [6.07, 6.45) is 0. The number of hydrogen-bond acceptors (Lipinski definition) is 5. The monoisotopic (exact) mass is 631 g/mol. The molecule has 0 saturated carbocycles. The van der Waals surface area contributed by atoms with Crippen LogP contribution in [-0.4, -0.2) is 24.5 Å². The first-order chi connectivity index (χ1) is 23.8. The minimum Gasteiger partial charge on any atom is -0.285 e. The fourth-order valence-electron chi connectivity index (χ4n) is 6.85. The van der Waals surface area contributed by atoms with Gasteiger partial charge in [0, 0.05) is 27.5 Å². The van der Waals surface area contributed by atoms with Crippen LogP contribution in [0.4, 0.5) is 0 Å². The molecule has 10 rings (SSSR count). The molecule has 3 aromatic heterocycles. The van der Waals surface area contributed by atoms with Crippen LogP contribution in [0.1, 0.15) is 0 Å². The van der Waals surface area contributed by atoms with Gasteiger partial charge in [0.2, 0.25) is 0 Å². The maximum absolute atomic E-state index is 5.20. The number of aromatic nitrogens is 5. The average molecular weight is 632 g/mol. The van der Waals surface area contributed by atoms with Crippen molar-refractivity contribution >= 4 is 64.9 Å². The Morgan fingerprint density at radius 2 is 1.06 bits per heavy atom. The number of thiazole rings is 1. The number of rotatable bonds is 4. The summed E-state index contributed by atoms with van der Waals surface area (Å²) in [5.41, 5.74) is 6.08. The third-order valence-corrected chi connectivity index (χ3v) is 10.1. The van der Waals surface area contributed by atoms with Crippen LogP contribution in [0.3, 0.4) is 0 Å². The van der Waals surface area contributed by atoms with Crippen molar-refractivity contribution in [3.05, 3.63) is 152 Å². The Morgan fingerprint density at radius 3 is 1.92 bits per heavy atom. The predicted molar refractivity (Wildman–Crippen MR) is 199 cm³/mol. The molecular formula is C42H25N5S. The second-order valence-electron chi connectivity index (χ2n) is 11.9. The van der Waals surface area contributed by atoms with E-state index in [-0.39, 0.29) is 0 Å². The van der Waals surface area contributed by atoms with Crippen LogP contribution in [0.25, 0.3) is 92.9 Å². The summed E-state index contributed by atoms with van der Waals surface area (Å²) in [4.78, 5) is 20.4. The molecule has 0 unspecified atom stereocenters. The first-order valence-electron chi connectivity index (χ1n) is 15.9. The zero-order valence-corrected chi connectivity index (χ0v) is 26.4. The highest BCUT2D eigenvalue weighted by molar-refractivity contribution is 7.20. The van der Waals surface area contributed by atoms with E-state index in [1.54, 1.807) is 11.3 Å². The second kappa shape index (κ2) is 10.7. The zero-order chi connectivity index (χ0) is 31.6. The van der Waals surface area contributed by atoms with Gasteiger partial charge >= 0.3 is 0 Å². The van der Waals surface area contributed by atoms with Gasteiger partial charge in [-0.2, -0.15) is 0 Å². The van der Waals surface area contributed by atoms with Crippen LogP contribution in [0.15, 0.2) is 152 Å². The van der Waals surface area contributed by atoms with Gasteiger partial charge in [-0.05, 0) is 64.0 Å². The molecule has 0 N–H and O–H groups in total. The molecule has 3 heterocycles. The number of nitrogens with zero attached hydrogens (tertiary/aromatic N) is 5. The van der Waals surface area contributed by atoms with E-state index in [1.165, 1.54) is 15.5 Å². The summed E-state index contributed by atoms with van der Waals surface area (Å²) >= 11 is 1.70. The van der Waals surface area contributed by atoms with Gasteiger partial charge in [-0.15, -0.1) is 0 Å². The molecule has 0 spiro atoms. The number of hydrogen-bond donors (Lipinski definition) is 0. The Balaban J connectivity index is 1.22. The van der Waals surface area contributed by atoms with Gasteiger partial charge < -0.3 is 0 Å². The Bertz CT molecular complexity index is 2820. The number of fused-ring (bicyclic) bond motifs is 7. The lowest BCUT2D eigenvalue weighted by Crippen LogP contribution is -2.01. The van der Waals surface area contributed by atoms with Gasteiger partial charge in [-0.25, -0.2) is 19.9 Å². The molecule has 6 heteroatoms. The van der Waals surface area contributed by atoms with Gasteiger partial charge in [0.25, 0.3) is 0 Å². The molecule has 0 radical (unpaired) electrons. The van der Waals surface area contributed by atoms with E-state index in [4.69, 9.17) is 19.9 Å². The third-order valence-electron chi connectivity index (χ3n) is 9.08. The molecule has 0 aliphatic carbocycles. The molecule has 0 aliphatic rings. The summed E-state index contributed by atoms with van der Waals surface area (Å²) in [6.45, 7) is 0. The van der Waals surface area contributed by atoms with Gasteiger partial charge in [0.05, 0.1) is 21.3 Å². The topological polar surface area (TPSA) is 56.5 Å². The van der Waals surface area contributed by atoms with Crippen LogP contribution >= 0.6 is 11.3 Å². The lowest BCUT2D eigenvalue weighted by molar-refractivity contribution is 1.08. The maximum atomic E-state index is 5.20. The van der Waals surface area contributed by atoms with Crippen LogP contribution in [0.5, 0.6) is 0 Å². The Morgan fingerprint density at radius 1 is 0.417 bits per heavy atom. The Hall–Kier alpha value is -6.24. The van der Waals surface area contributed by atoms with Crippen LogP contribution in [-0.2, 0) is 0 Å². The smallest absolute Gasteiger partial charge is 0.195 e. The van der Waals surface area contributed by atoms with Crippen molar-refractivity contribution in [2.45, 2.75) is 0 Å². The van der Waals surface area contributed by atoms with Crippen molar-refractivity contribution in [2.24, 2.45) is 0 Å². The number of benzene rings is 7. The molecule has 0 amide bonds. The molecule has 7 aromatic carbocycles. The average Bonchev–Trinajstić information content (AvgIpc) is 3.73. The fourth-order valence-corrected chi connectivity index (χ4v) is 7.85. The molecule has 224 valence electrons. The van der Waals surface area contributed by atoms with E-state index < -0.39 is 0 Å². The van der Waals surface area contributed by atoms with Crippen molar-refractivity contribution < 1.29 is 0 Å². The zero-order valence-electron chi connectivity index (χ0n) is 25.6. The van der Waals surface area contributed by atoms with Gasteiger partial charge in [0.15, 0.2) is 22.6 Å². The molecule has 48 heavy (non-hydrogen) atoms. The van der Waals surface area contributed by atoms with E-state index in [0.717, 1.165) is 59.9 Å². The lowest BCUT2D eigenvalue weighted by atomic mass is 9.97. The predicted octanol–water partition coefficient (Wildman–Crippen LogP) is 10.9. The highest BCUT2D eigenvalue weighted by Gasteiger charge is 2.19. The van der Waals surface area contributed by atoms with E-state index in [9.17, 15) is 0 Å². The molecule has 0 aliphatic heterocycles. The van der Waals surface area contributed by atoms with Crippen molar-refractivity contribution in [3.63, 3.8) is 0 Å². The first kappa shape index (κ1) is 26.9. The molecule has 5 nitrogen and oxygen atoms in total. The summed E-state index contributed by atoms with van der Waals surface area (Å²) in [6, 6.07) is 52.7. The maximum Gasteiger partial charge on any atom is 0.195 e. The van der Waals surface area contributed by atoms with Gasteiger partial charge in [-0.3, -0.25) is 4.57 Å². The summed E-state index contributed by atoms with van der Waals surface area (Å²) < 4.78 is 3.44. The van der Waals surface area contributed by atoms with E-state index in [2.05, 4.69) is 132 Å². The molecule has 0 bridgehead atoms. The minimum atomic E-state index is 0.634. The lowest BCUT2D eigenvalue weighted by Gasteiger charge is -2.12. The Kier molecular flexibility index (Phi) is 5.98. The van der Waals surface area contributed by atoms with E-state index in [1.807, 2.05) is 24.3 Å². The SMILES string of the molecule is c1ccc(-c2nc(-c3ccc4c(c3)c3ccccc3n4-c3nc4ccccc4s3)nc(-c3cc4ccccc4c4ccccc34)n2)cc1. The van der Waals surface area contributed by atoms with E-state index in [0.29, 0.717) is 17.5 Å². The van der Waals surface area contributed by atoms with Crippen molar-refractivity contribution in [3.8, 4) is 39.3 Å². The van der Waals surface area contributed by atoms with Crippen LogP contribution in [0.2, 0.25) is 0 Å². The minimum absolute atomic E-state index is 0.634. The summed E-state index contributed by atoms with van der Waals surface area (Å²) in [5, 5.41) is 7.89. The van der Waals surface area contributed by atoms with Crippen molar-refractivity contribution in [2.75, 3.05) is 0 Å². The third kappa shape index (κ3) is 4.24. The second-order valence-corrected chi connectivity index (χ2v) is 12.9. The molecular weight excluding hydrogens is 607 g/mol. The van der Waals surface area contributed by atoms with Crippen molar-refractivity contribution in [1.29, 1.82) is 0 Å². The van der Waals surface area contributed by atoms with Crippen LogP contribution in [0, 0.1) is 0 Å². The van der Waals surface area contributed by atoms with Crippen LogP contribution < -0.4 is 0 Å².